The Kier molecular flexibility index (Phi) is 5.29. The molecule has 0 bridgehead atoms. The third-order valence-corrected chi connectivity index (χ3v) is 5.94. The molecule has 3 amide bonds. The molecule has 0 spiro atoms. The molecule has 30 heavy (non-hydrogen) atoms. The Bertz CT molecular complexity index is 1000. The van der Waals surface area contributed by atoms with Gasteiger partial charge in [-0.25, -0.2) is 0 Å². The van der Waals surface area contributed by atoms with Crippen LogP contribution in [0.3, 0.4) is 0 Å². The lowest BCUT2D eigenvalue weighted by molar-refractivity contribution is -0.138. The van der Waals surface area contributed by atoms with Crippen LogP contribution in [0.25, 0.3) is 10.9 Å². The maximum absolute atomic E-state index is 12.6. The largest absolute Gasteiger partial charge is 0.396 e. The molecule has 1 atom stereocenters. The Morgan fingerprint density at radius 3 is 2.77 bits per heavy atom. The fourth-order valence-electron chi connectivity index (χ4n) is 4.05. The normalized spacial score (nSPS) is 20.8. The zero-order valence-electron chi connectivity index (χ0n) is 16.6. The van der Waals surface area contributed by atoms with E-state index in [1.54, 1.807) is 29.3 Å². The number of aliphatic hydroxyl groups is 1. The molecule has 2 aliphatic rings. The van der Waals surface area contributed by atoms with Crippen molar-refractivity contribution in [3.63, 3.8) is 0 Å². The summed E-state index contributed by atoms with van der Waals surface area (Å²) in [5.74, 6) is -0.586. The van der Waals surface area contributed by atoms with E-state index >= 15 is 0 Å². The summed E-state index contributed by atoms with van der Waals surface area (Å²) >= 11 is 0. The van der Waals surface area contributed by atoms with Crippen molar-refractivity contribution in [2.75, 3.05) is 25.4 Å². The number of benzene rings is 1. The monoisotopic (exact) mass is 411 g/mol. The van der Waals surface area contributed by atoms with Gasteiger partial charge < -0.3 is 26.4 Å². The first-order chi connectivity index (χ1) is 14.4. The summed E-state index contributed by atoms with van der Waals surface area (Å²) in [6.45, 7) is 0.812. The summed E-state index contributed by atoms with van der Waals surface area (Å²) in [6, 6.07) is 6.64. The highest BCUT2D eigenvalue weighted by Gasteiger charge is 2.37. The van der Waals surface area contributed by atoms with Crippen molar-refractivity contribution >= 4 is 34.3 Å². The second kappa shape index (κ2) is 7.91. The number of nitrogens with zero attached hydrogens (tertiary/aromatic N) is 2. The third kappa shape index (κ3) is 3.93. The van der Waals surface area contributed by atoms with E-state index in [-0.39, 0.29) is 24.3 Å². The molecule has 2 aromatic rings. The number of carbonyl (C=O) groups is 3. The van der Waals surface area contributed by atoms with E-state index in [0.717, 1.165) is 5.39 Å². The molecule has 5 N–H and O–H groups in total. The Morgan fingerprint density at radius 1 is 1.30 bits per heavy atom. The van der Waals surface area contributed by atoms with Crippen molar-refractivity contribution in [1.82, 2.24) is 20.5 Å². The quantitative estimate of drug-likeness (QED) is 0.530. The molecule has 158 valence electrons. The van der Waals surface area contributed by atoms with E-state index in [0.29, 0.717) is 55.5 Å². The fraction of sp³-hybridized carbons (Fsp3) is 0.429. The van der Waals surface area contributed by atoms with Crippen LogP contribution in [0.4, 0.5) is 5.69 Å². The summed E-state index contributed by atoms with van der Waals surface area (Å²) in [5, 5.41) is 17.1. The molecule has 0 aliphatic carbocycles. The minimum absolute atomic E-state index is 0.0632. The number of hydrogen-bond donors (Lipinski definition) is 4. The van der Waals surface area contributed by atoms with Crippen LogP contribution < -0.4 is 16.4 Å². The van der Waals surface area contributed by atoms with Crippen molar-refractivity contribution < 1.29 is 19.5 Å². The number of pyridine rings is 1. The summed E-state index contributed by atoms with van der Waals surface area (Å²) in [7, 11) is 0. The first-order valence-corrected chi connectivity index (χ1v) is 10.1. The maximum atomic E-state index is 12.6. The van der Waals surface area contributed by atoms with Gasteiger partial charge in [0, 0.05) is 37.6 Å². The molecule has 1 unspecified atom stereocenters. The first-order valence-electron chi connectivity index (χ1n) is 10.1. The number of carbonyl (C=O) groups excluding carboxylic acids is 3. The van der Waals surface area contributed by atoms with Gasteiger partial charge in [0.05, 0.1) is 22.4 Å². The van der Waals surface area contributed by atoms with E-state index in [4.69, 9.17) is 5.73 Å². The number of anilines is 1. The molecule has 9 nitrogen and oxygen atoms in total. The van der Waals surface area contributed by atoms with Gasteiger partial charge in [0.1, 0.15) is 6.04 Å². The lowest BCUT2D eigenvalue weighted by atomic mass is 9.90. The van der Waals surface area contributed by atoms with Crippen LogP contribution in [0, 0.1) is 0 Å². The molecule has 1 aromatic heterocycles. The maximum Gasteiger partial charge on any atom is 0.253 e. The molecule has 2 fully saturated rings. The number of nitrogens with one attached hydrogen (secondary N) is 2. The van der Waals surface area contributed by atoms with Crippen LogP contribution in [0.15, 0.2) is 30.5 Å². The number of nitrogen functional groups attached to an aromatic ring is 1. The molecule has 0 saturated carbocycles. The molecule has 0 radical (unpaired) electrons. The van der Waals surface area contributed by atoms with Crippen molar-refractivity contribution in [3.05, 3.63) is 36.0 Å². The van der Waals surface area contributed by atoms with Crippen molar-refractivity contribution in [3.8, 4) is 0 Å². The molecular weight excluding hydrogens is 386 g/mol. The van der Waals surface area contributed by atoms with E-state index < -0.39 is 11.6 Å². The van der Waals surface area contributed by atoms with Crippen LogP contribution >= 0.6 is 0 Å². The summed E-state index contributed by atoms with van der Waals surface area (Å²) in [6.07, 6.45) is 3.18. The van der Waals surface area contributed by atoms with Gasteiger partial charge in [0.15, 0.2) is 0 Å². The van der Waals surface area contributed by atoms with E-state index in [1.807, 2.05) is 6.07 Å². The van der Waals surface area contributed by atoms with Crippen LogP contribution in [-0.4, -0.2) is 64.0 Å². The topological polar surface area (TPSA) is 138 Å². The number of amides is 3. The predicted molar refractivity (Wildman–Crippen MR) is 110 cm³/mol. The van der Waals surface area contributed by atoms with Crippen LogP contribution in [0.1, 0.15) is 36.0 Å². The smallest absolute Gasteiger partial charge is 0.253 e. The van der Waals surface area contributed by atoms with E-state index in [2.05, 4.69) is 15.6 Å². The van der Waals surface area contributed by atoms with Crippen LogP contribution in [-0.2, 0) is 9.59 Å². The number of rotatable bonds is 4. The second-order valence-electron chi connectivity index (χ2n) is 7.99. The fourth-order valence-corrected chi connectivity index (χ4v) is 4.05. The number of hydrogen-bond acceptors (Lipinski definition) is 6. The summed E-state index contributed by atoms with van der Waals surface area (Å²) in [4.78, 5) is 42.4. The van der Waals surface area contributed by atoms with Gasteiger partial charge in [-0.3, -0.25) is 19.4 Å². The van der Waals surface area contributed by atoms with Gasteiger partial charge in [-0.15, -0.1) is 0 Å². The Balaban J connectivity index is 1.34. The van der Waals surface area contributed by atoms with Gasteiger partial charge in [-0.05, 0) is 31.4 Å². The predicted octanol–water partition coefficient (Wildman–Crippen LogP) is 0.179. The molecule has 1 aromatic carbocycles. The highest BCUT2D eigenvalue weighted by molar-refractivity contribution is 6.06. The molecule has 9 heteroatoms. The van der Waals surface area contributed by atoms with Gasteiger partial charge in [-0.1, -0.05) is 12.1 Å². The van der Waals surface area contributed by atoms with Crippen LogP contribution in [0.5, 0.6) is 0 Å². The number of fused-ring (bicyclic) bond motifs is 1. The SMILES string of the molecule is Nc1c(C(=O)NCC2(O)CCN(C(=O)C3CCC(=O)N3)CC2)ccc2cccnc12. The molecule has 2 saturated heterocycles. The summed E-state index contributed by atoms with van der Waals surface area (Å²) in [5.41, 5.74) is 6.20. The van der Waals surface area contributed by atoms with Gasteiger partial charge in [0.2, 0.25) is 11.8 Å². The highest BCUT2D eigenvalue weighted by atomic mass is 16.3. The highest BCUT2D eigenvalue weighted by Crippen LogP contribution is 2.25. The van der Waals surface area contributed by atoms with Crippen molar-refractivity contribution in [2.45, 2.75) is 37.3 Å². The zero-order chi connectivity index (χ0) is 21.3. The Morgan fingerprint density at radius 2 is 2.07 bits per heavy atom. The first kappa shape index (κ1) is 20.1. The lowest BCUT2D eigenvalue weighted by Gasteiger charge is -2.39. The van der Waals surface area contributed by atoms with E-state index in [9.17, 15) is 19.5 Å². The van der Waals surface area contributed by atoms with Gasteiger partial charge in [0.25, 0.3) is 5.91 Å². The number of likely N-dealkylation sites (tertiary alicyclic amines) is 1. The Labute approximate surface area is 173 Å². The number of nitrogens with two attached hydrogens (primary N) is 1. The molecule has 3 heterocycles. The minimum Gasteiger partial charge on any atom is -0.396 e. The number of aromatic nitrogens is 1. The molecular formula is C21H25N5O4. The number of piperidine rings is 1. The minimum atomic E-state index is -1.10. The molecule has 2 aliphatic heterocycles. The van der Waals surface area contributed by atoms with Crippen molar-refractivity contribution in [1.29, 1.82) is 0 Å². The van der Waals surface area contributed by atoms with Crippen LogP contribution in [0.2, 0.25) is 0 Å². The lowest BCUT2D eigenvalue weighted by Crippen LogP contribution is -2.54. The zero-order valence-corrected chi connectivity index (χ0v) is 16.6. The van der Waals surface area contributed by atoms with Crippen molar-refractivity contribution in [2.24, 2.45) is 0 Å². The Hall–Kier alpha value is -3.20. The van der Waals surface area contributed by atoms with E-state index in [1.165, 1.54) is 0 Å². The van der Waals surface area contributed by atoms with Gasteiger partial charge in [-0.2, -0.15) is 0 Å². The molecule has 4 rings (SSSR count). The standard InChI is InChI=1S/C21H25N5O4/c22-17-14(4-3-13-2-1-9-23-18(13)17)19(28)24-12-21(30)7-10-26(11-8-21)20(29)15-5-6-16(27)25-15/h1-4,9,15,30H,5-8,10-12,22H2,(H,24,28)(H,25,27). The average molecular weight is 411 g/mol. The second-order valence-corrected chi connectivity index (χ2v) is 7.99. The van der Waals surface area contributed by atoms with Gasteiger partial charge >= 0.3 is 0 Å². The summed E-state index contributed by atoms with van der Waals surface area (Å²) < 4.78 is 0. The average Bonchev–Trinajstić information content (AvgIpc) is 3.19. The third-order valence-electron chi connectivity index (χ3n) is 5.94.